The van der Waals surface area contributed by atoms with E-state index in [1.807, 2.05) is 0 Å². The molecule has 0 aromatic carbocycles. The molecule has 9 nitrogen and oxygen atoms in total. The van der Waals surface area contributed by atoms with Gasteiger partial charge in [-0.3, -0.25) is 20.0 Å². The van der Waals surface area contributed by atoms with Crippen LogP contribution in [0.3, 0.4) is 0 Å². The molecule has 1 aromatic rings. The van der Waals surface area contributed by atoms with Crippen LogP contribution in [0.15, 0.2) is 29.5 Å². The van der Waals surface area contributed by atoms with Crippen LogP contribution in [0, 0.1) is 10.1 Å². The van der Waals surface area contributed by atoms with Crippen molar-refractivity contribution in [1.29, 1.82) is 0 Å². The van der Waals surface area contributed by atoms with Crippen molar-refractivity contribution in [2.45, 2.75) is 13.3 Å². The van der Waals surface area contributed by atoms with Gasteiger partial charge >= 0.3 is 5.97 Å². The summed E-state index contributed by atoms with van der Waals surface area (Å²) in [6, 6.07) is 1.33. The van der Waals surface area contributed by atoms with Crippen LogP contribution >= 0.6 is 0 Å². The van der Waals surface area contributed by atoms with Crippen LogP contribution in [0.5, 0.6) is 0 Å². The molecular formula is C12H12N4O5. The lowest BCUT2D eigenvalue weighted by Gasteiger charge is -2.01. The number of anilines is 1. The van der Waals surface area contributed by atoms with Crippen molar-refractivity contribution in [3.63, 3.8) is 0 Å². The summed E-state index contributed by atoms with van der Waals surface area (Å²) in [6.45, 7) is 1.89. The number of carbonyl (C=O) groups excluding carboxylic acids is 2. The summed E-state index contributed by atoms with van der Waals surface area (Å²) < 4.78 is 4.77. The molecule has 9 heteroatoms. The van der Waals surface area contributed by atoms with E-state index in [2.05, 4.69) is 15.5 Å². The number of amides is 1. The van der Waals surface area contributed by atoms with Crippen LogP contribution in [0.2, 0.25) is 0 Å². The van der Waals surface area contributed by atoms with E-state index in [1.165, 1.54) is 18.2 Å². The van der Waals surface area contributed by atoms with E-state index >= 15 is 0 Å². The Kier molecular flexibility index (Phi) is 4.12. The maximum atomic E-state index is 11.9. The van der Waals surface area contributed by atoms with E-state index in [0.717, 1.165) is 0 Å². The standard InChI is InChI=1S/C12H12N4O5/c1-2-21-12(18)9-6-10(15-14-9)13-11(17)7-3-4-8(5-7)16(19)20/h3-4,6H,2,5H2,1H3,(H2,13,14,15,17). The Hall–Kier alpha value is -2.97. The van der Waals surface area contributed by atoms with Gasteiger partial charge in [0.2, 0.25) is 0 Å². The van der Waals surface area contributed by atoms with Crippen molar-refractivity contribution in [1.82, 2.24) is 10.2 Å². The molecule has 21 heavy (non-hydrogen) atoms. The van der Waals surface area contributed by atoms with E-state index in [0.29, 0.717) is 0 Å². The number of allylic oxidation sites excluding steroid dienone is 3. The predicted molar refractivity (Wildman–Crippen MR) is 71.0 cm³/mol. The van der Waals surface area contributed by atoms with E-state index in [-0.39, 0.29) is 35.8 Å². The van der Waals surface area contributed by atoms with E-state index < -0.39 is 16.8 Å². The molecule has 2 N–H and O–H groups in total. The first-order valence-electron chi connectivity index (χ1n) is 6.09. The second kappa shape index (κ2) is 5.99. The third-order valence-corrected chi connectivity index (χ3v) is 2.69. The monoisotopic (exact) mass is 292 g/mol. The molecule has 2 rings (SSSR count). The van der Waals surface area contributed by atoms with Crippen LogP contribution in [-0.4, -0.2) is 33.6 Å². The second-order valence-corrected chi connectivity index (χ2v) is 4.13. The molecule has 0 spiro atoms. The van der Waals surface area contributed by atoms with Gasteiger partial charge in [-0.05, 0) is 13.0 Å². The highest BCUT2D eigenvalue weighted by molar-refractivity contribution is 6.04. The molecule has 1 aliphatic carbocycles. The van der Waals surface area contributed by atoms with Gasteiger partial charge in [0.05, 0.1) is 18.0 Å². The van der Waals surface area contributed by atoms with Gasteiger partial charge in [-0.25, -0.2) is 4.79 Å². The molecule has 0 saturated heterocycles. The zero-order valence-corrected chi connectivity index (χ0v) is 11.1. The molecule has 0 radical (unpaired) electrons. The van der Waals surface area contributed by atoms with Gasteiger partial charge in [-0.1, -0.05) is 0 Å². The fourth-order valence-electron chi connectivity index (χ4n) is 1.69. The molecule has 1 amide bonds. The van der Waals surface area contributed by atoms with Crippen LogP contribution in [0.4, 0.5) is 5.82 Å². The Labute approximate surface area is 118 Å². The zero-order chi connectivity index (χ0) is 15.4. The van der Waals surface area contributed by atoms with Crippen molar-refractivity contribution in [2.24, 2.45) is 0 Å². The van der Waals surface area contributed by atoms with Gasteiger partial charge in [0.25, 0.3) is 11.6 Å². The van der Waals surface area contributed by atoms with Gasteiger partial charge in [0.1, 0.15) is 5.69 Å². The largest absolute Gasteiger partial charge is 0.461 e. The summed E-state index contributed by atoms with van der Waals surface area (Å²) >= 11 is 0. The highest BCUT2D eigenvalue weighted by Crippen LogP contribution is 2.20. The molecule has 0 fully saturated rings. The number of aromatic nitrogens is 2. The summed E-state index contributed by atoms with van der Waals surface area (Å²) in [5.41, 5.74) is 0.313. The summed E-state index contributed by atoms with van der Waals surface area (Å²) in [5.74, 6) is -0.952. The Morgan fingerprint density at radius 2 is 2.29 bits per heavy atom. The molecule has 1 aliphatic rings. The number of esters is 1. The van der Waals surface area contributed by atoms with Crippen LogP contribution in [0.1, 0.15) is 23.8 Å². The fourth-order valence-corrected chi connectivity index (χ4v) is 1.69. The van der Waals surface area contributed by atoms with Crippen molar-refractivity contribution >= 4 is 17.7 Å². The number of hydrogen-bond donors (Lipinski definition) is 2. The van der Waals surface area contributed by atoms with E-state index in [9.17, 15) is 19.7 Å². The molecule has 0 atom stereocenters. The van der Waals surface area contributed by atoms with Gasteiger partial charge in [0.15, 0.2) is 5.82 Å². The highest BCUT2D eigenvalue weighted by atomic mass is 16.6. The SMILES string of the molecule is CCOC(=O)c1cc(NC(=O)C2=CC=C([N+](=O)[O-])C2)n[nH]1. The van der Waals surface area contributed by atoms with Crippen molar-refractivity contribution in [3.8, 4) is 0 Å². The van der Waals surface area contributed by atoms with Gasteiger partial charge in [-0.15, -0.1) is 0 Å². The molecule has 0 bridgehead atoms. The molecule has 110 valence electrons. The van der Waals surface area contributed by atoms with Gasteiger partial charge < -0.3 is 10.1 Å². The van der Waals surface area contributed by atoms with Crippen molar-refractivity contribution in [2.75, 3.05) is 11.9 Å². The maximum Gasteiger partial charge on any atom is 0.356 e. The minimum atomic E-state index is -0.581. The first kappa shape index (κ1) is 14.4. The first-order valence-corrected chi connectivity index (χ1v) is 6.09. The molecule has 0 aliphatic heterocycles. The van der Waals surface area contributed by atoms with Crippen LogP contribution in [0.25, 0.3) is 0 Å². The number of nitrogens with zero attached hydrogens (tertiary/aromatic N) is 2. The number of ether oxygens (including phenoxy) is 1. The average Bonchev–Trinajstić information content (AvgIpc) is 3.07. The Morgan fingerprint density at radius 3 is 2.90 bits per heavy atom. The number of nitrogens with one attached hydrogen (secondary N) is 2. The number of aromatic amines is 1. The molecule has 1 aromatic heterocycles. The Balaban J connectivity index is 1.96. The predicted octanol–water partition coefficient (Wildman–Crippen LogP) is 1.02. The van der Waals surface area contributed by atoms with Gasteiger partial charge in [0, 0.05) is 17.7 Å². The third kappa shape index (κ3) is 3.32. The maximum absolute atomic E-state index is 11.9. The normalized spacial score (nSPS) is 13.4. The van der Waals surface area contributed by atoms with Crippen LogP contribution in [-0.2, 0) is 9.53 Å². The smallest absolute Gasteiger partial charge is 0.356 e. The molecule has 0 saturated carbocycles. The van der Waals surface area contributed by atoms with E-state index in [1.54, 1.807) is 6.92 Å². The van der Waals surface area contributed by atoms with E-state index in [4.69, 9.17) is 4.74 Å². The summed E-state index contributed by atoms with van der Waals surface area (Å²) in [7, 11) is 0. The van der Waals surface area contributed by atoms with Gasteiger partial charge in [-0.2, -0.15) is 5.10 Å². The second-order valence-electron chi connectivity index (χ2n) is 4.13. The number of hydrogen-bond acceptors (Lipinski definition) is 6. The van der Waals surface area contributed by atoms with Crippen molar-refractivity contribution < 1.29 is 19.2 Å². The summed E-state index contributed by atoms with van der Waals surface area (Å²) in [6.07, 6.45) is 2.61. The minimum Gasteiger partial charge on any atom is -0.461 e. The molecular weight excluding hydrogens is 280 g/mol. The Morgan fingerprint density at radius 1 is 1.52 bits per heavy atom. The average molecular weight is 292 g/mol. The Bertz CT molecular complexity index is 658. The lowest BCUT2D eigenvalue weighted by Crippen LogP contribution is -2.14. The van der Waals surface area contributed by atoms with Crippen molar-refractivity contribution in [3.05, 3.63) is 45.3 Å². The zero-order valence-electron chi connectivity index (χ0n) is 11.1. The summed E-state index contributed by atoms with van der Waals surface area (Å²) in [5, 5.41) is 19.2. The number of carbonyl (C=O) groups is 2. The molecule has 0 unspecified atom stereocenters. The third-order valence-electron chi connectivity index (χ3n) is 2.69. The number of nitro groups is 1. The highest BCUT2D eigenvalue weighted by Gasteiger charge is 2.23. The summed E-state index contributed by atoms with van der Waals surface area (Å²) in [4.78, 5) is 33.3. The first-order chi connectivity index (χ1) is 10.0. The lowest BCUT2D eigenvalue weighted by atomic mass is 10.2. The number of H-pyrrole nitrogens is 1. The quantitative estimate of drug-likeness (QED) is 0.473. The minimum absolute atomic E-state index is 0.0469. The fraction of sp³-hybridized carbons (Fsp3) is 0.250. The molecule has 1 heterocycles. The topological polar surface area (TPSA) is 127 Å². The number of rotatable bonds is 5. The van der Waals surface area contributed by atoms with Crippen LogP contribution < -0.4 is 5.32 Å². The lowest BCUT2D eigenvalue weighted by molar-refractivity contribution is -0.426.